The molecule has 0 saturated carbocycles. The van der Waals surface area contributed by atoms with E-state index in [4.69, 9.17) is 0 Å². The zero-order chi connectivity index (χ0) is 9.54. The minimum Gasteiger partial charge on any atom is -0.0795 e. The van der Waals surface area contributed by atoms with Gasteiger partial charge in [-0.25, -0.2) is 0 Å². The Morgan fingerprint density at radius 3 is 2.93 bits per heavy atom. The van der Waals surface area contributed by atoms with Gasteiger partial charge in [-0.3, -0.25) is 0 Å². The van der Waals surface area contributed by atoms with E-state index in [-0.39, 0.29) is 0 Å². The second-order valence-electron chi connectivity index (χ2n) is 3.92. The molecule has 0 N–H and O–H groups in total. The molecular weight excluding hydrogens is 184 g/mol. The van der Waals surface area contributed by atoms with Crippen molar-refractivity contribution in [3.05, 3.63) is 47.5 Å². The van der Waals surface area contributed by atoms with Gasteiger partial charge in [0.2, 0.25) is 0 Å². The summed E-state index contributed by atoms with van der Waals surface area (Å²) in [5.74, 6) is 0. The molecule has 0 spiro atoms. The topological polar surface area (TPSA) is 0 Å². The van der Waals surface area contributed by atoms with Gasteiger partial charge in [0, 0.05) is 10.2 Å². The van der Waals surface area contributed by atoms with Gasteiger partial charge in [0.05, 0.1) is 0 Å². The SMILES string of the molecule is [SiH3]c1ccc2cccc3c2c1C=CC3. The van der Waals surface area contributed by atoms with E-state index < -0.39 is 0 Å². The Morgan fingerprint density at radius 1 is 1.07 bits per heavy atom. The lowest BCUT2D eigenvalue weighted by Crippen LogP contribution is -2.09. The monoisotopic (exact) mass is 196 g/mol. The smallest absolute Gasteiger partial charge is 0.0393 e. The van der Waals surface area contributed by atoms with Crippen molar-refractivity contribution in [3.8, 4) is 0 Å². The van der Waals surface area contributed by atoms with Crippen LogP contribution >= 0.6 is 0 Å². The van der Waals surface area contributed by atoms with Crippen molar-refractivity contribution in [2.24, 2.45) is 0 Å². The number of rotatable bonds is 0. The van der Waals surface area contributed by atoms with Crippen LogP contribution in [0.3, 0.4) is 0 Å². The Bertz CT molecular complexity index is 538. The molecule has 68 valence electrons. The van der Waals surface area contributed by atoms with Crippen LogP contribution in [0, 0.1) is 0 Å². The van der Waals surface area contributed by atoms with E-state index in [1.165, 1.54) is 27.1 Å². The zero-order valence-corrected chi connectivity index (χ0v) is 10.2. The highest BCUT2D eigenvalue weighted by Crippen LogP contribution is 2.26. The van der Waals surface area contributed by atoms with Crippen LogP contribution in [0.4, 0.5) is 0 Å². The van der Waals surface area contributed by atoms with Crippen LogP contribution in [0.1, 0.15) is 11.1 Å². The maximum Gasteiger partial charge on any atom is 0.0393 e. The van der Waals surface area contributed by atoms with Crippen LogP contribution in [0.15, 0.2) is 36.4 Å². The lowest BCUT2D eigenvalue weighted by atomic mass is 9.93. The third-order valence-electron chi connectivity index (χ3n) is 3.01. The van der Waals surface area contributed by atoms with Crippen LogP contribution < -0.4 is 5.19 Å². The summed E-state index contributed by atoms with van der Waals surface area (Å²) in [6.45, 7) is 0. The summed E-state index contributed by atoms with van der Waals surface area (Å²) >= 11 is 0. The summed E-state index contributed by atoms with van der Waals surface area (Å²) in [6.07, 6.45) is 5.66. The van der Waals surface area contributed by atoms with Crippen molar-refractivity contribution in [1.82, 2.24) is 0 Å². The molecule has 1 heteroatoms. The Morgan fingerprint density at radius 2 is 2.00 bits per heavy atom. The molecule has 0 nitrogen and oxygen atoms in total. The van der Waals surface area contributed by atoms with Gasteiger partial charge in [-0.2, -0.15) is 0 Å². The van der Waals surface area contributed by atoms with Crippen molar-refractivity contribution in [2.45, 2.75) is 6.42 Å². The first kappa shape index (κ1) is 8.01. The first-order valence-electron chi connectivity index (χ1n) is 5.04. The Hall–Kier alpha value is -1.34. The van der Waals surface area contributed by atoms with E-state index in [1.54, 1.807) is 0 Å². The van der Waals surface area contributed by atoms with Crippen LogP contribution in [0.25, 0.3) is 16.8 Å². The Balaban J connectivity index is 2.56. The lowest BCUT2D eigenvalue weighted by Gasteiger charge is -2.14. The van der Waals surface area contributed by atoms with E-state index in [1.807, 2.05) is 0 Å². The molecule has 1 aliphatic carbocycles. The summed E-state index contributed by atoms with van der Waals surface area (Å²) < 4.78 is 0. The number of hydrogen-bond donors (Lipinski definition) is 0. The second kappa shape index (κ2) is 2.82. The third kappa shape index (κ3) is 0.992. The highest BCUT2D eigenvalue weighted by atomic mass is 28.1. The van der Waals surface area contributed by atoms with Crippen LogP contribution in [0.2, 0.25) is 0 Å². The minimum atomic E-state index is 1.09. The van der Waals surface area contributed by atoms with Crippen molar-refractivity contribution in [1.29, 1.82) is 0 Å². The molecule has 0 unspecified atom stereocenters. The Labute approximate surface area is 86.7 Å². The molecule has 0 atom stereocenters. The predicted octanol–water partition coefficient (Wildman–Crippen LogP) is 1.40. The molecule has 0 saturated heterocycles. The molecule has 3 rings (SSSR count). The molecule has 0 radical (unpaired) electrons. The van der Waals surface area contributed by atoms with Gasteiger partial charge in [0.15, 0.2) is 0 Å². The van der Waals surface area contributed by atoms with Gasteiger partial charge in [-0.1, -0.05) is 47.7 Å². The van der Waals surface area contributed by atoms with Gasteiger partial charge in [-0.15, -0.1) is 0 Å². The van der Waals surface area contributed by atoms with E-state index in [0.29, 0.717) is 0 Å². The van der Waals surface area contributed by atoms with Crippen molar-refractivity contribution in [2.75, 3.05) is 0 Å². The van der Waals surface area contributed by atoms with E-state index in [2.05, 4.69) is 42.5 Å². The van der Waals surface area contributed by atoms with E-state index in [9.17, 15) is 0 Å². The molecule has 2 aromatic rings. The largest absolute Gasteiger partial charge is 0.0795 e. The van der Waals surface area contributed by atoms with E-state index in [0.717, 1.165) is 16.7 Å². The maximum atomic E-state index is 2.29. The summed E-state index contributed by atoms with van der Waals surface area (Å²) in [5, 5.41) is 4.39. The lowest BCUT2D eigenvalue weighted by molar-refractivity contribution is 1.30. The number of hydrogen-bond acceptors (Lipinski definition) is 0. The highest BCUT2D eigenvalue weighted by molar-refractivity contribution is 6.36. The number of allylic oxidation sites excluding steroid dienone is 1. The fourth-order valence-corrected chi connectivity index (χ4v) is 2.86. The molecule has 2 aromatic carbocycles. The molecule has 0 aliphatic heterocycles. The van der Waals surface area contributed by atoms with Gasteiger partial charge in [0.1, 0.15) is 0 Å². The average molecular weight is 196 g/mol. The van der Waals surface area contributed by atoms with Gasteiger partial charge < -0.3 is 0 Å². The first-order chi connectivity index (χ1) is 6.86. The van der Waals surface area contributed by atoms with Gasteiger partial charge >= 0.3 is 0 Å². The fourth-order valence-electron chi connectivity index (χ4n) is 2.28. The molecule has 0 amide bonds. The Kier molecular flexibility index (Phi) is 1.61. The third-order valence-corrected chi connectivity index (χ3v) is 3.88. The maximum absolute atomic E-state index is 2.29. The second-order valence-corrected chi connectivity index (χ2v) is 5.00. The fraction of sp³-hybridized carbons (Fsp3) is 0.0769. The summed E-state index contributed by atoms with van der Waals surface area (Å²) in [5.41, 5.74) is 2.95. The molecule has 1 aliphatic rings. The van der Waals surface area contributed by atoms with Gasteiger partial charge in [0.25, 0.3) is 0 Å². The predicted molar refractivity (Wildman–Crippen MR) is 66.3 cm³/mol. The average Bonchev–Trinajstić information content (AvgIpc) is 2.24. The van der Waals surface area contributed by atoms with Crippen LogP contribution in [-0.4, -0.2) is 10.2 Å². The molecule has 0 heterocycles. The van der Waals surface area contributed by atoms with Crippen molar-refractivity contribution in [3.63, 3.8) is 0 Å². The molecule has 0 fully saturated rings. The number of benzene rings is 2. The van der Waals surface area contributed by atoms with Crippen molar-refractivity contribution < 1.29 is 0 Å². The van der Waals surface area contributed by atoms with Crippen LogP contribution in [0.5, 0.6) is 0 Å². The standard InChI is InChI=1S/C13H12Si/c14-12-8-7-10-4-1-3-9-5-2-6-11(12)13(9)10/h1-4,6-8H,5H2,14H3. The quantitative estimate of drug-likeness (QED) is 0.559. The summed E-state index contributed by atoms with van der Waals surface area (Å²) in [6, 6.07) is 11.1. The zero-order valence-electron chi connectivity index (χ0n) is 8.25. The summed E-state index contributed by atoms with van der Waals surface area (Å²) in [7, 11) is 1.14. The van der Waals surface area contributed by atoms with Gasteiger partial charge in [-0.05, 0) is 28.3 Å². The molecule has 0 bridgehead atoms. The molecule has 14 heavy (non-hydrogen) atoms. The van der Waals surface area contributed by atoms with Crippen molar-refractivity contribution >= 4 is 32.3 Å². The first-order valence-corrected chi connectivity index (χ1v) is 6.04. The normalized spacial score (nSPS) is 13.7. The molecule has 0 aromatic heterocycles. The summed E-state index contributed by atoms with van der Waals surface area (Å²) in [4.78, 5) is 0. The van der Waals surface area contributed by atoms with Crippen LogP contribution in [-0.2, 0) is 6.42 Å². The minimum absolute atomic E-state index is 1.09. The molecular formula is C13H12Si. The van der Waals surface area contributed by atoms with E-state index >= 15 is 0 Å². The highest BCUT2D eigenvalue weighted by Gasteiger charge is 2.08.